The molecule has 0 bridgehead atoms. The fourth-order valence-electron chi connectivity index (χ4n) is 1.71. The van der Waals surface area contributed by atoms with E-state index in [9.17, 15) is 4.79 Å². The molecule has 6 heteroatoms. The van der Waals surface area contributed by atoms with Gasteiger partial charge in [0.2, 0.25) is 0 Å². The number of para-hydroxylation sites is 2. The van der Waals surface area contributed by atoms with Gasteiger partial charge in [0.05, 0.1) is 22.2 Å². The van der Waals surface area contributed by atoms with Crippen molar-refractivity contribution in [3.05, 3.63) is 58.1 Å². The van der Waals surface area contributed by atoms with E-state index in [4.69, 9.17) is 28.3 Å². The van der Waals surface area contributed by atoms with E-state index in [1.165, 1.54) is 0 Å². The van der Waals surface area contributed by atoms with Gasteiger partial charge in [0, 0.05) is 5.69 Å². The molecule has 0 aliphatic carbocycles. The first kappa shape index (κ1) is 17.8. The Morgan fingerprint density at radius 2 is 1.65 bits per heavy atom. The first-order valence-electron chi connectivity index (χ1n) is 5.58. The van der Waals surface area contributed by atoms with Crippen molar-refractivity contribution in [2.45, 2.75) is 6.42 Å². The van der Waals surface area contributed by atoms with Gasteiger partial charge in [-0.05, 0) is 23.8 Å². The van der Waals surface area contributed by atoms with Crippen molar-refractivity contribution in [1.29, 1.82) is 0 Å². The van der Waals surface area contributed by atoms with Crippen LogP contribution in [-0.4, -0.2) is 56.6 Å². The molecule has 0 saturated heterocycles. The molecule has 0 radical (unpaired) electrons. The zero-order valence-corrected chi connectivity index (χ0v) is 11.4. The molecule has 0 fully saturated rings. The van der Waals surface area contributed by atoms with Crippen molar-refractivity contribution >= 4 is 86.0 Å². The van der Waals surface area contributed by atoms with Gasteiger partial charge in [0.15, 0.2) is 0 Å². The zero-order valence-electron chi connectivity index (χ0n) is 9.86. The second kappa shape index (κ2) is 8.27. The first-order valence-corrected chi connectivity index (χ1v) is 6.34. The molecule has 3 nitrogen and oxygen atoms in total. The molecule has 0 heterocycles. The molecule has 0 spiro atoms. The van der Waals surface area contributed by atoms with Crippen molar-refractivity contribution in [2.75, 3.05) is 5.32 Å². The summed E-state index contributed by atoms with van der Waals surface area (Å²) < 4.78 is 0. The van der Waals surface area contributed by atoms with Crippen LogP contribution in [0.4, 0.5) is 11.4 Å². The number of anilines is 2. The van der Waals surface area contributed by atoms with E-state index in [0.717, 1.165) is 0 Å². The molecule has 0 amide bonds. The van der Waals surface area contributed by atoms with Gasteiger partial charge in [-0.25, -0.2) is 0 Å². The molecule has 0 aliphatic rings. The Hall–Kier alpha value is -0.229. The van der Waals surface area contributed by atoms with Gasteiger partial charge < -0.3 is 10.4 Å². The number of carboxylic acids is 1. The Balaban J connectivity index is 0.00000200. The summed E-state index contributed by atoms with van der Waals surface area (Å²) in [5.74, 6) is -0.889. The molecule has 0 aromatic heterocycles. The van der Waals surface area contributed by atoms with Crippen LogP contribution in [0.1, 0.15) is 5.56 Å². The second-order valence-corrected chi connectivity index (χ2v) is 4.76. The van der Waals surface area contributed by atoms with Crippen LogP contribution >= 0.6 is 23.2 Å². The first-order chi connectivity index (χ1) is 9.08. The van der Waals surface area contributed by atoms with Crippen molar-refractivity contribution in [3.8, 4) is 0 Å². The molecule has 102 valence electrons. The minimum atomic E-state index is -0.889. The van der Waals surface area contributed by atoms with E-state index < -0.39 is 5.97 Å². The standard InChI is InChI=1S/C14H11Cl2NO2.Sr.2H/c15-10-5-3-6-11(16)14(10)17-12-7-2-1-4-9(12)8-13(18)19;;;/h1-7,17H,8H2,(H,18,19);;;. The molecule has 2 rings (SSSR count). The summed E-state index contributed by atoms with van der Waals surface area (Å²) >= 11 is 12.1. The predicted molar refractivity (Wildman–Crippen MR) is 86.1 cm³/mol. The van der Waals surface area contributed by atoms with Crippen LogP contribution in [0.2, 0.25) is 10.0 Å². The third-order valence-corrected chi connectivity index (χ3v) is 3.21. The summed E-state index contributed by atoms with van der Waals surface area (Å²) in [5.41, 5.74) is 1.93. The Kier molecular flexibility index (Phi) is 7.37. The van der Waals surface area contributed by atoms with Crippen molar-refractivity contribution in [3.63, 3.8) is 0 Å². The number of carboxylic acid groups (broad SMARTS) is 1. The molecule has 0 atom stereocenters. The Morgan fingerprint density at radius 3 is 2.25 bits per heavy atom. The van der Waals surface area contributed by atoms with Gasteiger partial charge in [0.25, 0.3) is 0 Å². The molecule has 2 aromatic rings. The molecule has 0 unspecified atom stereocenters. The topological polar surface area (TPSA) is 49.3 Å². The van der Waals surface area contributed by atoms with Crippen molar-refractivity contribution in [1.82, 2.24) is 0 Å². The van der Waals surface area contributed by atoms with Crippen LogP contribution in [0.15, 0.2) is 42.5 Å². The van der Waals surface area contributed by atoms with Gasteiger partial charge in [-0.1, -0.05) is 47.5 Å². The number of hydrogen-bond acceptors (Lipinski definition) is 2. The summed E-state index contributed by atoms with van der Waals surface area (Å²) in [6.07, 6.45) is -0.0642. The average molecular weight is 386 g/mol. The summed E-state index contributed by atoms with van der Waals surface area (Å²) in [6, 6.07) is 12.3. The third kappa shape index (κ3) is 4.65. The van der Waals surface area contributed by atoms with Gasteiger partial charge in [0.1, 0.15) is 0 Å². The summed E-state index contributed by atoms with van der Waals surface area (Å²) in [6.45, 7) is 0. The van der Waals surface area contributed by atoms with Crippen LogP contribution in [0, 0.1) is 0 Å². The SMILES string of the molecule is O=C(O)Cc1ccccc1Nc1c(Cl)cccc1Cl.[SrH2]. The molecule has 20 heavy (non-hydrogen) atoms. The predicted octanol–water partition coefficient (Wildman–Crippen LogP) is 3.45. The zero-order chi connectivity index (χ0) is 13.8. The average Bonchev–Trinajstić information content (AvgIpc) is 2.35. The minimum absolute atomic E-state index is 0. The van der Waals surface area contributed by atoms with Crippen LogP contribution < -0.4 is 5.32 Å². The summed E-state index contributed by atoms with van der Waals surface area (Å²) in [4.78, 5) is 10.8. The maximum absolute atomic E-state index is 10.8. The Morgan fingerprint density at radius 1 is 1.05 bits per heavy atom. The fraction of sp³-hybridized carbons (Fsp3) is 0.0714. The number of halogens is 2. The van der Waals surface area contributed by atoms with Gasteiger partial charge in [-0.15, -0.1) is 0 Å². The normalized spacial score (nSPS) is 9.70. The Bertz CT molecular complexity index is 600. The molecule has 0 aliphatic heterocycles. The molecular formula is C14H13Cl2NO2Sr. The number of nitrogens with one attached hydrogen (secondary N) is 1. The Labute approximate surface area is 164 Å². The number of hydrogen-bond donors (Lipinski definition) is 2. The van der Waals surface area contributed by atoms with Gasteiger partial charge in [-0.3, -0.25) is 4.79 Å². The number of carbonyl (C=O) groups is 1. The second-order valence-electron chi connectivity index (χ2n) is 3.95. The van der Waals surface area contributed by atoms with E-state index >= 15 is 0 Å². The van der Waals surface area contributed by atoms with Crippen LogP contribution in [0.3, 0.4) is 0 Å². The summed E-state index contributed by atoms with van der Waals surface area (Å²) in [5, 5.41) is 12.9. The van der Waals surface area contributed by atoms with E-state index in [1.807, 2.05) is 6.07 Å². The third-order valence-electron chi connectivity index (χ3n) is 2.58. The van der Waals surface area contributed by atoms with Crippen LogP contribution in [0.5, 0.6) is 0 Å². The van der Waals surface area contributed by atoms with Crippen molar-refractivity contribution < 1.29 is 9.90 Å². The van der Waals surface area contributed by atoms with E-state index in [0.29, 0.717) is 27.0 Å². The van der Waals surface area contributed by atoms with Gasteiger partial charge >= 0.3 is 51.5 Å². The van der Waals surface area contributed by atoms with E-state index in [1.54, 1.807) is 36.4 Å². The number of aliphatic carboxylic acids is 1. The van der Waals surface area contributed by atoms with Crippen molar-refractivity contribution in [2.24, 2.45) is 0 Å². The van der Waals surface area contributed by atoms with Gasteiger partial charge in [-0.2, -0.15) is 0 Å². The molecule has 2 aromatic carbocycles. The van der Waals surface area contributed by atoms with Crippen LogP contribution in [0.25, 0.3) is 0 Å². The molecule has 2 N–H and O–H groups in total. The molecule has 0 saturated carbocycles. The van der Waals surface area contributed by atoms with E-state index in [-0.39, 0.29) is 51.9 Å². The van der Waals surface area contributed by atoms with Crippen LogP contribution in [-0.2, 0) is 11.2 Å². The number of benzene rings is 2. The number of rotatable bonds is 4. The maximum atomic E-state index is 10.8. The van der Waals surface area contributed by atoms with E-state index in [2.05, 4.69) is 5.32 Å². The monoisotopic (exact) mass is 385 g/mol. The molecular weight excluding hydrogens is 373 g/mol. The quantitative estimate of drug-likeness (QED) is 0.793. The fourth-order valence-corrected chi connectivity index (χ4v) is 2.20. The summed E-state index contributed by atoms with van der Waals surface area (Å²) in [7, 11) is 0.